The normalized spacial score (nSPS) is 18.3. The van der Waals surface area contributed by atoms with Crippen LogP contribution in [0.5, 0.6) is 0 Å². The van der Waals surface area contributed by atoms with Gasteiger partial charge in [-0.05, 0) is 30.9 Å². The van der Waals surface area contributed by atoms with E-state index in [0.29, 0.717) is 0 Å². The van der Waals surface area contributed by atoms with Gasteiger partial charge in [0.25, 0.3) is 0 Å². The lowest BCUT2D eigenvalue weighted by Crippen LogP contribution is -2.33. The summed E-state index contributed by atoms with van der Waals surface area (Å²) in [5.41, 5.74) is 3.67. The Kier molecular flexibility index (Phi) is 3.25. The fraction of sp³-hybridized carbons (Fsp3) is 0.400. The number of H-pyrrole nitrogens is 1. The number of rotatable bonds is 3. The number of carbonyl (C=O) groups excluding carboxylic acids is 1. The summed E-state index contributed by atoms with van der Waals surface area (Å²) in [5.74, 6) is -0.0565. The van der Waals surface area contributed by atoms with Crippen LogP contribution in [0.4, 0.5) is 0 Å². The average Bonchev–Trinajstić information content (AvgIpc) is 2.79. The fourth-order valence-corrected chi connectivity index (χ4v) is 2.93. The summed E-state index contributed by atoms with van der Waals surface area (Å²) in [7, 11) is 1.54. The monoisotopic (exact) mass is 258 g/mol. The molecule has 0 saturated carbocycles. The molecule has 100 valence electrons. The number of benzene rings is 1. The number of fused-ring (bicyclic) bond motifs is 3. The van der Waals surface area contributed by atoms with Crippen molar-refractivity contribution in [1.82, 2.24) is 10.3 Å². The molecule has 0 unspecified atom stereocenters. The van der Waals surface area contributed by atoms with E-state index in [1.807, 2.05) is 6.07 Å². The van der Waals surface area contributed by atoms with Crippen LogP contribution in [0.25, 0.3) is 10.9 Å². The molecule has 1 heterocycles. The number of aromatic amines is 1. The van der Waals surface area contributed by atoms with Crippen LogP contribution in [0.1, 0.15) is 30.1 Å². The summed E-state index contributed by atoms with van der Waals surface area (Å²) < 4.78 is 4.87. The number of hydrogen-bond donors (Lipinski definition) is 2. The van der Waals surface area contributed by atoms with Crippen molar-refractivity contribution in [2.24, 2.45) is 0 Å². The van der Waals surface area contributed by atoms with Gasteiger partial charge in [0.1, 0.15) is 6.61 Å². The van der Waals surface area contributed by atoms with Gasteiger partial charge in [0.05, 0.1) is 6.04 Å². The summed E-state index contributed by atoms with van der Waals surface area (Å²) in [6.45, 7) is 0.117. The molecule has 1 atom stereocenters. The molecule has 1 aliphatic carbocycles. The van der Waals surface area contributed by atoms with Crippen LogP contribution in [0, 0.1) is 0 Å². The smallest absolute Gasteiger partial charge is 0.246 e. The largest absolute Gasteiger partial charge is 0.375 e. The van der Waals surface area contributed by atoms with Gasteiger partial charge in [-0.25, -0.2) is 0 Å². The maximum Gasteiger partial charge on any atom is 0.246 e. The van der Waals surface area contributed by atoms with E-state index in [1.54, 1.807) is 0 Å². The summed E-state index contributed by atoms with van der Waals surface area (Å²) >= 11 is 0. The molecule has 1 aromatic heterocycles. The third-order valence-corrected chi connectivity index (χ3v) is 3.73. The van der Waals surface area contributed by atoms with E-state index in [1.165, 1.54) is 18.1 Å². The van der Waals surface area contributed by atoms with Crippen molar-refractivity contribution < 1.29 is 9.53 Å². The third-order valence-electron chi connectivity index (χ3n) is 3.73. The number of methoxy groups -OCH3 is 1. The van der Waals surface area contributed by atoms with Crippen LogP contribution in [0.2, 0.25) is 0 Å². The van der Waals surface area contributed by atoms with Gasteiger partial charge in [-0.2, -0.15) is 0 Å². The molecule has 4 heteroatoms. The molecule has 1 aliphatic rings. The number of aromatic nitrogens is 1. The molecular weight excluding hydrogens is 240 g/mol. The van der Waals surface area contributed by atoms with Gasteiger partial charge in [-0.15, -0.1) is 0 Å². The zero-order valence-electron chi connectivity index (χ0n) is 11.0. The lowest BCUT2D eigenvalue weighted by molar-refractivity contribution is -0.125. The maximum atomic E-state index is 11.7. The zero-order chi connectivity index (χ0) is 13.2. The predicted molar refractivity (Wildman–Crippen MR) is 74.0 cm³/mol. The average molecular weight is 258 g/mol. The number of nitrogens with one attached hydrogen (secondary N) is 2. The molecule has 0 fully saturated rings. The van der Waals surface area contributed by atoms with Crippen LogP contribution >= 0.6 is 0 Å². The summed E-state index contributed by atoms with van der Waals surface area (Å²) in [6.07, 6.45) is 3.16. The SMILES string of the molecule is COCC(=O)N[C@@H]1CCCc2c1[nH]c1ccccc21. The van der Waals surface area contributed by atoms with E-state index in [2.05, 4.69) is 28.5 Å². The highest BCUT2D eigenvalue weighted by molar-refractivity contribution is 5.85. The van der Waals surface area contributed by atoms with Gasteiger partial charge < -0.3 is 15.0 Å². The quantitative estimate of drug-likeness (QED) is 0.887. The first kappa shape index (κ1) is 12.2. The second-order valence-electron chi connectivity index (χ2n) is 5.01. The molecule has 0 radical (unpaired) electrons. The fourth-order valence-electron chi connectivity index (χ4n) is 2.93. The Balaban J connectivity index is 1.93. The standard InChI is InChI=1S/C15H18N2O2/c1-19-9-14(18)16-13-8-4-6-11-10-5-2-3-7-12(10)17-15(11)13/h2-3,5,7,13,17H,4,6,8-9H2,1H3,(H,16,18)/t13-/m1/s1. The molecule has 0 spiro atoms. The molecule has 3 rings (SSSR count). The highest BCUT2D eigenvalue weighted by Gasteiger charge is 2.25. The molecule has 2 N–H and O–H groups in total. The lowest BCUT2D eigenvalue weighted by Gasteiger charge is -2.23. The second-order valence-corrected chi connectivity index (χ2v) is 5.01. The number of amides is 1. The zero-order valence-corrected chi connectivity index (χ0v) is 11.0. The van der Waals surface area contributed by atoms with Crippen LogP contribution < -0.4 is 5.32 Å². The minimum Gasteiger partial charge on any atom is -0.375 e. The summed E-state index contributed by atoms with van der Waals surface area (Å²) in [5, 5.41) is 4.32. The van der Waals surface area contributed by atoms with Crippen LogP contribution in [0.3, 0.4) is 0 Å². The Hall–Kier alpha value is -1.81. The molecule has 0 aliphatic heterocycles. The third kappa shape index (κ3) is 2.24. The highest BCUT2D eigenvalue weighted by Crippen LogP contribution is 2.34. The number of para-hydroxylation sites is 1. The van der Waals surface area contributed by atoms with Crippen LogP contribution in [-0.4, -0.2) is 24.6 Å². The molecule has 19 heavy (non-hydrogen) atoms. The van der Waals surface area contributed by atoms with Crippen molar-refractivity contribution >= 4 is 16.8 Å². The van der Waals surface area contributed by atoms with Crippen molar-refractivity contribution in [2.45, 2.75) is 25.3 Å². The van der Waals surface area contributed by atoms with E-state index in [9.17, 15) is 4.79 Å². The number of carbonyl (C=O) groups is 1. The van der Waals surface area contributed by atoms with Gasteiger partial charge in [0.2, 0.25) is 5.91 Å². The van der Waals surface area contributed by atoms with Crippen molar-refractivity contribution in [2.75, 3.05) is 13.7 Å². The first-order chi connectivity index (χ1) is 9.29. The van der Waals surface area contributed by atoms with Crippen LogP contribution in [-0.2, 0) is 16.0 Å². The van der Waals surface area contributed by atoms with Crippen molar-refractivity contribution in [3.63, 3.8) is 0 Å². The first-order valence-corrected chi connectivity index (χ1v) is 6.67. The van der Waals surface area contributed by atoms with Crippen molar-refractivity contribution in [3.05, 3.63) is 35.5 Å². The minimum atomic E-state index is -0.0565. The highest BCUT2D eigenvalue weighted by atomic mass is 16.5. The van der Waals surface area contributed by atoms with Gasteiger partial charge in [0, 0.05) is 23.7 Å². The van der Waals surface area contributed by atoms with E-state index in [4.69, 9.17) is 4.74 Å². The molecule has 1 aromatic carbocycles. The molecule has 1 amide bonds. The Bertz CT molecular complexity index is 603. The molecule has 0 bridgehead atoms. The molecule has 4 nitrogen and oxygen atoms in total. The minimum absolute atomic E-state index is 0.0565. The maximum absolute atomic E-state index is 11.7. The predicted octanol–water partition coefficient (Wildman–Crippen LogP) is 2.31. The molecular formula is C15H18N2O2. The van der Waals surface area contributed by atoms with Gasteiger partial charge >= 0.3 is 0 Å². The van der Waals surface area contributed by atoms with E-state index in [0.717, 1.165) is 30.5 Å². The number of hydrogen-bond acceptors (Lipinski definition) is 2. The van der Waals surface area contributed by atoms with E-state index >= 15 is 0 Å². The Labute approximate surface area is 112 Å². The Morgan fingerprint density at radius 1 is 1.47 bits per heavy atom. The van der Waals surface area contributed by atoms with Crippen molar-refractivity contribution in [1.29, 1.82) is 0 Å². The van der Waals surface area contributed by atoms with Crippen LogP contribution in [0.15, 0.2) is 24.3 Å². The summed E-state index contributed by atoms with van der Waals surface area (Å²) in [4.78, 5) is 15.1. The molecule has 2 aromatic rings. The van der Waals surface area contributed by atoms with Crippen molar-refractivity contribution in [3.8, 4) is 0 Å². The van der Waals surface area contributed by atoms with Gasteiger partial charge in [-0.1, -0.05) is 18.2 Å². The lowest BCUT2D eigenvalue weighted by atomic mass is 9.91. The Morgan fingerprint density at radius 2 is 2.32 bits per heavy atom. The van der Waals surface area contributed by atoms with Gasteiger partial charge in [-0.3, -0.25) is 4.79 Å². The topological polar surface area (TPSA) is 54.1 Å². The van der Waals surface area contributed by atoms with E-state index < -0.39 is 0 Å². The van der Waals surface area contributed by atoms with E-state index in [-0.39, 0.29) is 18.6 Å². The second kappa shape index (κ2) is 5.05. The molecule has 0 saturated heterocycles. The Morgan fingerprint density at radius 3 is 3.16 bits per heavy atom. The number of ether oxygens (including phenoxy) is 1. The first-order valence-electron chi connectivity index (χ1n) is 6.67. The van der Waals surface area contributed by atoms with Gasteiger partial charge in [0.15, 0.2) is 0 Å². The number of aryl methyl sites for hydroxylation is 1. The summed E-state index contributed by atoms with van der Waals surface area (Å²) in [6, 6.07) is 8.40.